The molecule has 0 amide bonds. The third-order valence-electron chi connectivity index (χ3n) is 3.22. The first-order valence-corrected chi connectivity index (χ1v) is 6.16. The molecular weight excluding hydrogens is 190 g/mol. The van der Waals surface area contributed by atoms with Crippen LogP contribution in [0.15, 0.2) is 0 Å². The van der Waals surface area contributed by atoms with Crippen LogP contribution >= 0.6 is 0 Å². The molecule has 1 aliphatic heterocycles. The van der Waals surface area contributed by atoms with Gasteiger partial charge in [0.2, 0.25) is 0 Å². The maximum Gasteiger partial charge on any atom is 0.0700 e. The van der Waals surface area contributed by atoms with Crippen LogP contribution in [0.5, 0.6) is 0 Å². The van der Waals surface area contributed by atoms with E-state index in [0.29, 0.717) is 12.6 Å². The van der Waals surface area contributed by atoms with Crippen LogP contribution in [0.2, 0.25) is 0 Å². The first kappa shape index (κ1) is 12.9. The Morgan fingerprint density at radius 1 is 1.27 bits per heavy atom. The molecule has 2 atom stereocenters. The Morgan fingerprint density at radius 3 is 2.87 bits per heavy atom. The van der Waals surface area contributed by atoms with Crippen molar-refractivity contribution in [3.63, 3.8) is 0 Å². The van der Waals surface area contributed by atoms with Crippen LogP contribution in [-0.2, 0) is 9.47 Å². The lowest BCUT2D eigenvalue weighted by atomic mass is 9.89. The summed E-state index contributed by atoms with van der Waals surface area (Å²) in [5.74, 6) is 0.926. The van der Waals surface area contributed by atoms with Crippen LogP contribution in [0, 0.1) is 5.92 Å². The molecule has 1 N–H and O–H groups in total. The van der Waals surface area contributed by atoms with Gasteiger partial charge in [-0.05, 0) is 31.7 Å². The number of methoxy groups -OCH3 is 1. The van der Waals surface area contributed by atoms with Gasteiger partial charge in [-0.15, -0.1) is 0 Å². The molecule has 1 saturated heterocycles. The molecule has 0 aliphatic carbocycles. The highest BCUT2D eigenvalue weighted by Crippen LogP contribution is 2.20. The maximum absolute atomic E-state index is 5.48. The summed E-state index contributed by atoms with van der Waals surface area (Å²) >= 11 is 0. The molecule has 3 heteroatoms. The lowest BCUT2D eigenvalue weighted by Gasteiger charge is -2.29. The summed E-state index contributed by atoms with van der Waals surface area (Å²) in [4.78, 5) is 0. The van der Waals surface area contributed by atoms with E-state index in [9.17, 15) is 0 Å². The van der Waals surface area contributed by atoms with E-state index >= 15 is 0 Å². The number of hydrogen-bond acceptors (Lipinski definition) is 3. The van der Waals surface area contributed by atoms with Gasteiger partial charge in [0.05, 0.1) is 13.2 Å². The normalized spacial score (nSPS) is 26.8. The summed E-state index contributed by atoms with van der Waals surface area (Å²) in [6.45, 7) is 5.76. The van der Waals surface area contributed by atoms with Crippen molar-refractivity contribution in [1.29, 1.82) is 0 Å². The SMILES string of the molecule is CCC1CCNC(CCOCCOC)C1. The molecule has 1 fully saturated rings. The Labute approximate surface area is 93.5 Å². The van der Waals surface area contributed by atoms with Gasteiger partial charge in [-0.1, -0.05) is 13.3 Å². The van der Waals surface area contributed by atoms with E-state index < -0.39 is 0 Å². The molecule has 1 aliphatic rings. The highest BCUT2D eigenvalue weighted by Gasteiger charge is 2.19. The van der Waals surface area contributed by atoms with E-state index in [2.05, 4.69) is 12.2 Å². The molecule has 0 bridgehead atoms. The highest BCUT2D eigenvalue weighted by atomic mass is 16.5. The molecule has 3 nitrogen and oxygen atoms in total. The third-order valence-corrected chi connectivity index (χ3v) is 3.22. The molecule has 0 aromatic heterocycles. The van der Waals surface area contributed by atoms with Crippen LogP contribution in [-0.4, -0.2) is 39.5 Å². The van der Waals surface area contributed by atoms with Gasteiger partial charge in [0, 0.05) is 19.8 Å². The summed E-state index contributed by atoms with van der Waals surface area (Å²) in [5.41, 5.74) is 0. The van der Waals surface area contributed by atoms with Crippen molar-refractivity contribution >= 4 is 0 Å². The van der Waals surface area contributed by atoms with Gasteiger partial charge in [-0.2, -0.15) is 0 Å². The van der Waals surface area contributed by atoms with E-state index in [4.69, 9.17) is 9.47 Å². The van der Waals surface area contributed by atoms with Crippen LogP contribution in [0.25, 0.3) is 0 Å². The molecule has 1 rings (SSSR count). The molecule has 0 aromatic rings. The molecule has 90 valence electrons. The van der Waals surface area contributed by atoms with Crippen molar-refractivity contribution in [2.45, 2.75) is 38.6 Å². The second-order valence-corrected chi connectivity index (χ2v) is 4.34. The van der Waals surface area contributed by atoms with E-state index in [1.54, 1.807) is 7.11 Å². The van der Waals surface area contributed by atoms with Crippen molar-refractivity contribution in [2.75, 3.05) is 33.5 Å². The van der Waals surface area contributed by atoms with Gasteiger partial charge in [-0.25, -0.2) is 0 Å². The average molecular weight is 215 g/mol. The van der Waals surface area contributed by atoms with Gasteiger partial charge >= 0.3 is 0 Å². The maximum atomic E-state index is 5.48. The smallest absolute Gasteiger partial charge is 0.0700 e. The minimum absolute atomic E-state index is 0.672. The standard InChI is InChI=1S/C12H25NO2/c1-3-11-4-6-13-12(10-11)5-7-15-9-8-14-2/h11-13H,3-10H2,1-2H3. The monoisotopic (exact) mass is 215 g/mol. The van der Waals surface area contributed by atoms with Crippen molar-refractivity contribution in [2.24, 2.45) is 5.92 Å². The minimum atomic E-state index is 0.672. The summed E-state index contributed by atoms with van der Waals surface area (Å²) < 4.78 is 10.4. The van der Waals surface area contributed by atoms with Gasteiger partial charge < -0.3 is 14.8 Å². The molecule has 15 heavy (non-hydrogen) atoms. The highest BCUT2D eigenvalue weighted by molar-refractivity contribution is 4.77. The largest absolute Gasteiger partial charge is 0.382 e. The fourth-order valence-electron chi connectivity index (χ4n) is 2.16. The quantitative estimate of drug-likeness (QED) is 0.657. The zero-order valence-corrected chi connectivity index (χ0v) is 10.1. The molecular formula is C12H25NO2. The Bertz CT molecular complexity index is 153. The second kappa shape index (κ2) is 8.08. The second-order valence-electron chi connectivity index (χ2n) is 4.34. The summed E-state index contributed by atoms with van der Waals surface area (Å²) in [5, 5.41) is 3.56. The van der Waals surface area contributed by atoms with E-state index in [0.717, 1.165) is 25.6 Å². The molecule has 0 radical (unpaired) electrons. The predicted octanol–water partition coefficient (Wildman–Crippen LogP) is 1.82. The average Bonchev–Trinajstić information content (AvgIpc) is 2.29. The van der Waals surface area contributed by atoms with Crippen molar-refractivity contribution in [1.82, 2.24) is 5.32 Å². The summed E-state index contributed by atoms with van der Waals surface area (Å²) in [7, 11) is 1.71. The first-order chi connectivity index (χ1) is 7.36. The first-order valence-electron chi connectivity index (χ1n) is 6.16. The van der Waals surface area contributed by atoms with E-state index in [1.165, 1.54) is 25.8 Å². The zero-order chi connectivity index (χ0) is 10.9. The fraction of sp³-hybridized carbons (Fsp3) is 1.00. The van der Waals surface area contributed by atoms with Crippen LogP contribution in [0.3, 0.4) is 0 Å². The molecule has 1 heterocycles. The van der Waals surface area contributed by atoms with Crippen LogP contribution < -0.4 is 5.32 Å². The van der Waals surface area contributed by atoms with E-state index in [-0.39, 0.29) is 0 Å². The van der Waals surface area contributed by atoms with Crippen molar-refractivity contribution in [3.8, 4) is 0 Å². The Hall–Kier alpha value is -0.120. The lowest BCUT2D eigenvalue weighted by molar-refractivity contribution is 0.0632. The van der Waals surface area contributed by atoms with Gasteiger partial charge in [0.1, 0.15) is 0 Å². The predicted molar refractivity (Wildman–Crippen MR) is 62.1 cm³/mol. The number of rotatable bonds is 7. The zero-order valence-electron chi connectivity index (χ0n) is 10.1. The Kier molecular flexibility index (Phi) is 6.98. The van der Waals surface area contributed by atoms with Crippen molar-refractivity contribution < 1.29 is 9.47 Å². The Morgan fingerprint density at radius 2 is 2.13 bits per heavy atom. The third kappa shape index (κ3) is 5.50. The van der Waals surface area contributed by atoms with Crippen molar-refractivity contribution in [3.05, 3.63) is 0 Å². The lowest BCUT2D eigenvalue weighted by Crippen LogP contribution is -2.38. The molecule has 0 spiro atoms. The summed E-state index contributed by atoms with van der Waals surface area (Å²) in [6, 6.07) is 0.672. The Balaban J connectivity index is 2.00. The van der Waals surface area contributed by atoms with Gasteiger partial charge in [0.25, 0.3) is 0 Å². The van der Waals surface area contributed by atoms with Gasteiger partial charge in [-0.3, -0.25) is 0 Å². The number of ether oxygens (including phenoxy) is 2. The molecule has 0 aromatic carbocycles. The van der Waals surface area contributed by atoms with E-state index in [1.807, 2.05) is 0 Å². The fourth-order valence-corrected chi connectivity index (χ4v) is 2.16. The molecule has 2 unspecified atom stereocenters. The number of nitrogens with one attached hydrogen (secondary N) is 1. The molecule has 0 saturated carbocycles. The minimum Gasteiger partial charge on any atom is -0.382 e. The number of hydrogen-bond donors (Lipinski definition) is 1. The van der Waals surface area contributed by atoms with Crippen LogP contribution in [0.4, 0.5) is 0 Å². The van der Waals surface area contributed by atoms with Crippen LogP contribution in [0.1, 0.15) is 32.6 Å². The summed E-state index contributed by atoms with van der Waals surface area (Å²) in [6.07, 6.45) is 5.13. The topological polar surface area (TPSA) is 30.5 Å². The number of piperidine rings is 1. The van der Waals surface area contributed by atoms with Gasteiger partial charge in [0.15, 0.2) is 0 Å².